The van der Waals surface area contributed by atoms with Gasteiger partial charge in [0.05, 0.1) is 6.26 Å². The maximum absolute atomic E-state index is 13.5. The first-order valence-corrected chi connectivity index (χ1v) is 6.89. The van der Waals surface area contributed by atoms with E-state index in [2.05, 4.69) is 5.32 Å². The monoisotopic (exact) mass is 275 g/mol. The molecule has 2 aromatic rings. The predicted molar refractivity (Wildman–Crippen MR) is 74.0 cm³/mol. The molecule has 0 bridgehead atoms. The Balaban J connectivity index is 1.55. The fourth-order valence-electron chi connectivity index (χ4n) is 2.01. The molecule has 0 saturated heterocycles. The lowest BCUT2D eigenvalue weighted by molar-refractivity contribution is 0.258. The zero-order chi connectivity index (χ0) is 13.9. The quantitative estimate of drug-likeness (QED) is 0.875. The summed E-state index contributed by atoms with van der Waals surface area (Å²) in [5.41, 5.74) is 2.07. The van der Waals surface area contributed by atoms with Gasteiger partial charge in [-0.3, -0.25) is 0 Å². The Morgan fingerprint density at radius 1 is 1.35 bits per heavy atom. The van der Waals surface area contributed by atoms with Gasteiger partial charge in [0, 0.05) is 18.2 Å². The minimum atomic E-state index is -0.349. The summed E-state index contributed by atoms with van der Waals surface area (Å²) < 4.78 is 24.4. The van der Waals surface area contributed by atoms with E-state index in [9.17, 15) is 4.39 Å². The van der Waals surface area contributed by atoms with E-state index in [4.69, 9.17) is 9.15 Å². The van der Waals surface area contributed by atoms with Crippen LogP contribution in [0.2, 0.25) is 0 Å². The third-order valence-corrected chi connectivity index (χ3v) is 3.34. The van der Waals surface area contributed by atoms with Crippen LogP contribution in [0.1, 0.15) is 29.7 Å². The molecule has 0 aliphatic heterocycles. The third kappa shape index (κ3) is 3.39. The van der Waals surface area contributed by atoms with Crippen molar-refractivity contribution in [3.8, 4) is 5.75 Å². The first-order valence-electron chi connectivity index (χ1n) is 6.89. The standard InChI is InChI=1S/C16H18FNO2/c1-11-2-5-15(17)16(6-11)20-10-14-7-12(9-19-14)8-18-13-3-4-13/h2,5-7,9,13,18H,3-4,8,10H2,1H3. The molecule has 1 aromatic carbocycles. The van der Waals surface area contributed by atoms with Crippen molar-refractivity contribution in [2.45, 2.75) is 39.0 Å². The number of ether oxygens (including phenoxy) is 1. The molecular weight excluding hydrogens is 257 g/mol. The molecule has 3 rings (SSSR count). The summed E-state index contributed by atoms with van der Waals surface area (Å²) in [5.74, 6) is 0.621. The number of rotatable bonds is 6. The average Bonchev–Trinajstić information content (AvgIpc) is 3.16. The smallest absolute Gasteiger partial charge is 0.165 e. The fraction of sp³-hybridized carbons (Fsp3) is 0.375. The molecule has 1 fully saturated rings. The van der Waals surface area contributed by atoms with Gasteiger partial charge in [0.15, 0.2) is 11.6 Å². The SMILES string of the molecule is Cc1ccc(F)c(OCc2cc(CNC3CC3)co2)c1. The van der Waals surface area contributed by atoms with E-state index >= 15 is 0 Å². The summed E-state index contributed by atoms with van der Waals surface area (Å²) >= 11 is 0. The van der Waals surface area contributed by atoms with Gasteiger partial charge >= 0.3 is 0 Å². The van der Waals surface area contributed by atoms with Gasteiger partial charge in [0.2, 0.25) is 0 Å². The summed E-state index contributed by atoms with van der Waals surface area (Å²) in [4.78, 5) is 0. The molecule has 0 spiro atoms. The molecule has 0 radical (unpaired) electrons. The number of hydrogen-bond acceptors (Lipinski definition) is 3. The van der Waals surface area contributed by atoms with Crippen LogP contribution in [0.3, 0.4) is 0 Å². The number of aryl methyl sites for hydroxylation is 1. The molecule has 106 valence electrons. The van der Waals surface area contributed by atoms with Crippen molar-refractivity contribution in [2.24, 2.45) is 0 Å². The van der Waals surface area contributed by atoms with Crippen LogP contribution in [0.5, 0.6) is 5.75 Å². The third-order valence-electron chi connectivity index (χ3n) is 3.34. The van der Waals surface area contributed by atoms with E-state index in [1.54, 1.807) is 18.4 Å². The Morgan fingerprint density at radius 3 is 3.00 bits per heavy atom. The highest BCUT2D eigenvalue weighted by Gasteiger charge is 2.20. The van der Waals surface area contributed by atoms with Gasteiger partial charge in [0.1, 0.15) is 12.4 Å². The first-order chi connectivity index (χ1) is 9.70. The van der Waals surface area contributed by atoms with Crippen molar-refractivity contribution in [3.05, 3.63) is 53.2 Å². The molecule has 20 heavy (non-hydrogen) atoms. The molecule has 0 amide bonds. The molecule has 1 N–H and O–H groups in total. The van der Waals surface area contributed by atoms with Crippen LogP contribution in [0.15, 0.2) is 34.9 Å². The zero-order valence-electron chi connectivity index (χ0n) is 11.5. The van der Waals surface area contributed by atoms with Gasteiger partial charge in [-0.05, 0) is 43.5 Å². The van der Waals surface area contributed by atoms with E-state index in [1.165, 1.54) is 18.9 Å². The van der Waals surface area contributed by atoms with Crippen LogP contribution in [-0.4, -0.2) is 6.04 Å². The summed E-state index contributed by atoms with van der Waals surface area (Å²) in [5, 5.41) is 3.42. The van der Waals surface area contributed by atoms with E-state index in [1.807, 2.05) is 13.0 Å². The van der Waals surface area contributed by atoms with Crippen LogP contribution < -0.4 is 10.1 Å². The van der Waals surface area contributed by atoms with Crippen LogP contribution in [0, 0.1) is 12.7 Å². The van der Waals surface area contributed by atoms with Gasteiger partial charge in [-0.2, -0.15) is 0 Å². The van der Waals surface area contributed by atoms with Crippen LogP contribution in [0.25, 0.3) is 0 Å². The van der Waals surface area contributed by atoms with Gasteiger partial charge in [-0.25, -0.2) is 4.39 Å². The summed E-state index contributed by atoms with van der Waals surface area (Å²) in [6.45, 7) is 2.96. The minimum Gasteiger partial charge on any atom is -0.483 e. The molecule has 1 aromatic heterocycles. The van der Waals surface area contributed by atoms with Crippen molar-refractivity contribution < 1.29 is 13.5 Å². The van der Waals surface area contributed by atoms with E-state index < -0.39 is 0 Å². The van der Waals surface area contributed by atoms with Crippen molar-refractivity contribution in [2.75, 3.05) is 0 Å². The van der Waals surface area contributed by atoms with Crippen molar-refractivity contribution >= 4 is 0 Å². The van der Waals surface area contributed by atoms with Gasteiger partial charge in [0.25, 0.3) is 0 Å². The molecule has 3 nitrogen and oxygen atoms in total. The minimum absolute atomic E-state index is 0.240. The average molecular weight is 275 g/mol. The molecule has 1 heterocycles. The van der Waals surface area contributed by atoms with Crippen LogP contribution in [0.4, 0.5) is 4.39 Å². The number of nitrogens with one attached hydrogen (secondary N) is 1. The summed E-state index contributed by atoms with van der Waals surface area (Å²) in [7, 11) is 0. The lowest BCUT2D eigenvalue weighted by Gasteiger charge is -2.06. The lowest BCUT2D eigenvalue weighted by atomic mass is 10.2. The maximum Gasteiger partial charge on any atom is 0.165 e. The van der Waals surface area contributed by atoms with Gasteiger partial charge in [-0.1, -0.05) is 6.07 Å². The second-order valence-electron chi connectivity index (χ2n) is 5.30. The highest BCUT2D eigenvalue weighted by molar-refractivity contribution is 5.29. The molecule has 4 heteroatoms. The zero-order valence-corrected chi connectivity index (χ0v) is 11.5. The second kappa shape index (κ2) is 5.67. The Morgan fingerprint density at radius 2 is 2.20 bits per heavy atom. The number of benzene rings is 1. The second-order valence-corrected chi connectivity index (χ2v) is 5.30. The topological polar surface area (TPSA) is 34.4 Å². The fourth-order valence-corrected chi connectivity index (χ4v) is 2.01. The van der Waals surface area contributed by atoms with E-state index in [0.29, 0.717) is 11.8 Å². The van der Waals surface area contributed by atoms with Crippen molar-refractivity contribution in [3.63, 3.8) is 0 Å². The van der Waals surface area contributed by atoms with Crippen LogP contribution in [-0.2, 0) is 13.2 Å². The maximum atomic E-state index is 13.5. The lowest BCUT2D eigenvalue weighted by Crippen LogP contribution is -2.14. The normalized spacial score (nSPS) is 14.5. The molecule has 1 saturated carbocycles. The van der Waals surface area contributed by atoms with E-state index in [-0.39, 0.29) is 18.2 Å². The number of hydrogen-bond donors (Lipinski definition) is 1. The largest absolute Gasteiger partial charge is 0.483 e. The van der Waals surface area contributed by atoms with Crippen molar-refractivity contribution in [1.29, 1.82) is 0 Å². The molecular formula is C16H18FNO2. The Labute approximate surface area is 117 Å². The van der Waals surface area contributed by atoms with Gasteiger partial charge in [-0.15, -0.1) is 0 Å². The van der Waals surface area contributed by atoms with Gasteiger partial charge < -0.3 is 14.5 Å². The first kappa shape index (κ1) is 13.2. The highest BCUT2D eigenvalue weighted by atomic mass is 19.1. The van der Waals surface area contributed by atoms with Crippen molar-refractivity contribution in [1.82, 2.24) is 5.32 Å². The molecule has 0 atom stereocenters. The Kier molecular flexibility index (Phi) is 3.74. The number of furan rings is 1. The summed E-state index contributed by atoms with van der Waals surface area (Å²) in [6.07, 6.45) is 4.25. The number of halogens is 1. The summed E-state index contributed by atoms with van der Waals surface area (Å²) in [6, 6.07) is 7.44. The Hall–Kier alpha value is -1.81. The Bertz CT molecular complexity index is 590. The highest BCUT2D eigenvalue weighted by Crippen LogP contribution is 2.21. The molecule has 1 aliphatic carbocycles. The predicted octanol–water partition coefficient (Wildman–Crippen LogP) is 3.56. The van der Waals surface area contributed by atoms with Crippen LogP contribution >= 0.6 is 0 Å². The molecule has 1 aliphatic rings. The molecule has 0 unspecified atom stereocenters. The van der Waals surface area contributed by atoms with E-state index in [0.717, 1.165) is 17.7 Å².